The highest BCUT2D eigenvalue weighted by Crippen LogP contribution is 2.27. The second-order valence-corrected chi connectivity index (χ2v) is 5.97. The number of carbonyl (C=O) groups is 2. The Morgan fingerprint density at radius 2 is 2.00 bits per heavy atom. The van der Waals surface area contributed by atoms with Gasteiger partial charge in [0.25, 0.3) is 0 Å². The molecule has 1 amide bonds. The summed E-state index contributed by atoms with van der Waals surface area (Å²) in [5.41, 5.74) is 3.01. The number of hydrogen-bond acceptors (Lipinski definition) is 4. The fourth-order valence-electron chi connectivity index (χ4n) is 3.20. The van der Waals surface area contributed by atoms with Gasteiger partial charge in [-0.25, -0.2) is 9.59 Å². The number of aromatic nitrogens is 1. The van der Waals surface area contributed by atoms with Crippen LogP contribution < -0.4 is 0 Å². The minimum atomic E-state index is -0.409. The fourth-order valence-corrected chi connectivity index (χ4v) is 3.20. The first-order chi connectivity index (χ1) is 12.1. The van der Waals surface area contributed by atoms with E-state index in [2.05, 4.69) is 0 Å². The molecule has 2 aromatic rings. The number of nitrogens with zero attached hydrogens (tertiary/aromatic N) is 2. The molecule has 0 bridgehead atoms. The Bertz CT molecular complexity index is 822. The highest BCUT2D eigenvalue weighted by molar-refractivity contribution is 5.92. The second-order valence-electron chi connectivity index (χ2n) is 5.97. The Hall–Kier alpha value is -2.76. The Balaban J connectivity index is 1.90. The smallest absolute Gasteiger partial charge is 0.418 e. The highest BCUT2D eigenvalue weighted by Gasteiger charge is 2.20. The molecule has 0 radical (unpaired) electrons. The number of allylic oxidation sites excluding steroid dienone is 1. The molecule has 6 heteroatoms. The van der Waals surface area contributed by atoms with Gasteiger partial charge in [-0.05, 0) is 43.4 Å². The van der Waals surface area contributed by atoms with Crippen molar-refractivity contribution in [3.8, 4) is 0 Å². The average molecular weight is 342 g/mol. The van der Waals surface area contributed by atoms with Crippen LogP contribution in [0.25, 0.3) is 10.9 Å². The van der Waals surface area contributed by atoms with Crippen LogP contribution in [0.3, 0.4) is 0 Å². The second kappa shape index (κ2) is 7.42. The molecule has 0 unspecified atom stereocenters. The molecular formula is C19H22N2O4. The molecule has 1 aliphatic rings. The molecule has 0 atom stereocenters. The van der Waals surface area contributed by atoms with E-state index in [0.29, 0.717) is 19.6 Å². The summed E-state index contributed by atoms with van der Waals surface area (Å²) < 4.78 is 11.5. The summed E-state index contributed by atoms with van der Waals surface area (Å²) in [6.07, 6.45) is 5.49. The summed E-state index contributed by atoms with van der Waals surface area (Å²) in [4.78, 5) is 25.6. The van der Waals surface area contributed by atoms with Crippen LogP contribution in [0.5, 0.6) is 0 Å². The van der Waals surface area contributed by atoms with Gasteiger partial charge in [-0.2, -0.15) is 0 Å². The first-order valence-corrected chi connectivity index (χ1v) is 8.44. The van der Waals surface area contributed by atoms with Crippen LogP contribution in [0.4, 0.5) is 9.59 Å². The maximum Gasteiger partial charge on any atom is 0.418 e. The number of amides is 1. The zero-order chi connectivity index (χ0) is 17.8. The van der Waals surface area contributed by atoms with Gasteiger partial charge in [-0.1, -0.05) is 18.2 Å². The van der Waals surface area contributed by atoms with Crippen molar-refractivity contribution >= 4 is 23.1 Å². The van der Waals surface area contributed by atoms with Crippen LogP contribution in [0.1, 0.15) is 25.3 Å². The molecule has 1 aromatic carbocycles. The number of rotatable bonds is 3. The van der Waals surface area contributed by atoms with E-state index in [1.165, 1.54) is 11.7 Å². The van der Waals surface area contributed by atoms with Crippen LogP contribution in [-0.4, -0.2) is 41.9 Å². The number of ether oxygens (including phenoxy) is 2. The van der Waals surface area contributed by atoms with E-state index in [-0.39, 0.29) is 6.09 Å². The first-order valence-electron chi connectivity index (χ1n) is 8.44. The summed E-state index contributed by atoms with van der Waals surface area (Å²) >= 11 is 0. The van der Waals surface area contributed by atoms with Crippen molar-refractivity contribution in [2.75, 3.05) is 20.3 Å². The number of benzene rings is 1. The van der Waals surface area contributed by atoms with Crippen LogP contribution in [0.2, 0.25) is 0 Å². The lowest BCUT2D eigenvalue weighted by atomic mass is 9.99. The van der Waals surface area contributed by atoms with E-state index in [4.69, 9.17) is 9.47 Å². The lowest BCUT2D eigenvalue weighted by Crippen LogP contribution is -2.30. The first kappa shape index (κ1) is 17.1. The molecule has 1 aliphatic heterocycles. The van der Waals surface area contributed by atoms with Crippen molar-refractivity contribution < 1.29 is 19.1 Å². The number of fused-ring (bicyclic) bond motifs is 1. The normalized spacial score (nSPS) is 14.3. The molecule has 6 nitrogen and oxygen atoms in total. The summed E-state index contributed by atoms with van der Waals surface area (Å²) in [5, 5.41) is 1.02. The Labute approximate surface area is 146 Å². The van der Waals surface area contributed by atoms with Crippen LogP contribution in [0.15, 0.2) is 42.2 Å². The van der Waals surface area contributed by atoms with Gasteiger partial charge in [0.15, 0.2) is 0 Å². The van der Waals surface area contributed by atoms with Gasteiger partial charge in [0.2, 0.25) is 0 Å². The van der Waals surface area contributed by atoms with Gasteiger partial charge in [-0.3, -0.25) is 9.47 Å². The Morgan fingerprint density at radius 1 is 1.20 bits per heavy atom. The third-order valence-electron chi connectivity index (χ3n) is 4.32. The van der Waals surface area contributed by atoms with Crippen LogP contribution in [0, 0.1) is 0 Å². The van der Waals surface area contributed by atoms with E-state index in [9.17, 15) is 9.59 Å². The van der Waals surface area contributed by atoms with Crippen molar-refractivity contribution in [2.24, 2.45) is 0 Å². The molecule has 3 rings (SSSR count). The number of methoxy groups -OCH3 is 1. The van der Waals surface area contributed by atoms with Crippen molar-refractivity contribution in [3.63, 3.8) is 0 Å². The molecule has 1 aromatic heterocycles. The predicted octanol–water partition coefficient (Wildman–Crippen LogP) is 3.93. The van der Waals surface area contributed by atoms with Gasteiger partial charge >= 0.3 is 12.2 Å². The summed E-state index contributed by atoms with van der Waals surface area (Å²) in [6, 6.07) is 7.74. The molecule has 0 N–H and O–H groups in total. The van der Waals surface area contributed by atoms with Crippen LogP contribution in [-0.2, 0) is 15.9 Å². The molecule has 0 aliphatic carbocycles. The fraction of sp³-hybridized carbons (Fsp3) is 0.368. The standard InChI is InChI=1S/C19H22N2O4/c1-3-25-18(22)20-10-6-7-14(12-20)11-15-13-21(19(23)24-2)17-9-5-4-8-16(15)17/h4-5,8-9,12-13H,3,6-7,10-11H2,1-2H3. The third kappa shape index (κ3) is 3.52. The lowest BCUT2D eigenvalue weighted by molar-refractivity contribution is 0.120. The van der Waals surface area contributed by atoms with Gasteiger partial charge in [0.05, 0.1) is 19.2 Å². The minimum Gasteiger partial charge on any atom is -0.452 e. The number of para-hydroxylation sites is 1. The minimum absolute atomic E-state index is 0.309. The lowest BCUT2D eigenvalue weighted by Gasteiger charge is -2.24. The SMILES string of the molecule is CCOC(=O)N1C=C(Cc2cn(C(=O)OC)c3ccccc23)CCC1. The third-order valence-corrected chi connectivity index (χ3v) is 4.32. The maximum atomic E-state index is 12.0. The quantitative estimate of drug-likeness (QED) is 0.848. The Kier molecular flexibility index (Phi) is 5.07. The van der Waals surface area contributed by atoms with Crippen molar-refractivity contribution in [1.82, 2.24) is 9.47 Å². The summed E-state index contributed by atoms with van der Waals surface area (Å²) in [6.45, 7) is 2.84. The maximum absolute atomic E-state index is 12.0. The topological polar surface area (TPSA) is 60.8 Å². The summed E-state index contributed by atoms with van der Waals surface area (Å²) in [5.74, 6) is 0. The number of hydrogen-bond donors (Lipinski definition) is 0. The van der Waals surface area contributed by atoms with E-state index in [1.807, 2.05) is 36.7 Å². The zero-order valence-corrected chi connectivity index (χ0v) is 14.5. The highest BCUT2D eigenvalue weighted by atomic mass is 16.6. The van der Waals surface area contributed by atoms with Crippen molar-refractivity contribution in [1.29, 1.82) is 0 Å². The van der Waals surface area contributed by atoms with Crippen molar-refractivity contribution in [2.45, 2.75) is 26.2 Å². The monoisotopic (exact) mass is 342 g/mol. The predicted molar refractivity (Wildman–Crippen MR) is 94.5 cm³/mol. The van der Waals surface area contributed by atoms with Crippen molar-refractivity contribution in [3.05, 3.63) is 47.8 Å². The zero-order valence-electron chi connectivity index (χ0n) is 14.5. The van der Waals surface area contributed by atoms with Gasteiger partial charge < -0.3 is 9.47 Å². The molecule has 132 valence electrons. The van der Waals surface area contributed by atoms with E-state index < -0.39 is 6.09 Å². The molecule has 0 saturated carbocycles. The summed E-state index contributed by atoms with van der Waals surface area (Å²) in [7, 11) is 1.37. The average Bonchev–Trinajstić information content (AvgIpc) is 3.00. The van der Waals surface area contributed by atoms with E-state index in [1.54, 1.807) is 11.8 Å². The van der Waals surface area contributed by atoms with Crippen LogP contribution >= 0.6 is 0 Å². The van der Waals surface area contributed by atoms with Gasteiger partial charge in [0.1, 0.15) is 0 Å². The largest absolute Gasteiger partial charge is 0.452 e. The molecule has 2 heterocycles. The molecule has 0 saturated heterocycles. The Morgan fingerprint density at radius 3 is 2.76 bits per heavy atom. The van der Waals surface area contributed by atoms with Gasteiger partial charge in [-0.15, -0.1) is 0 Å². The number of carbonyl (C=O) groups excluding carboxylic acids is 2. The molecule has 0 fully saturated rings. The molecule has 0 spiro atoms. The van der Waals surface area contributed by atoms with E-state index in [0.717, 1.165) is 34.9 Å². The molecule has 25 heavy (non-hydrogen) atoms. The van der Waals surface area contributed by atoms with E-state index >= 15 is 0 Å². The van der Waals surface area contributed by atoms with Gasteiger partial charge in [0, 0.05) is 24.3 Å². The molecular weight excluding hydrogens is 320 g/mol.